The second-order valence-electron chi connectivity index (χ2n) is 4.79. The van der Waals surface area contributed by atoms with E-state index in [0.29, 0.717) is 0 Å². The zero-order valence-electron chi connectivity index (χ0n) is 11.1. The summed E-state index contributed by atoms with van der Waals surface area (Å²) in [5.41, 5.74) is 2.24. The maximum atomic E-state index is 12.0. The molecule has 0 bridgehead atoms. The Morgan fingerprint density at radius 2 is 2.11 bits per heavy atom. The van der Waals surface area contributed by atoms with E-state index in [0.717, 1.165) is 30.4 Å². The molecule has 0 aromatic heterocycles. The molecule has 0 aliphatic heterocycles. The average molecular weight is 244 g/mol. The highest BCUT2D eigenvalue weighted by molar-refractivity contribution is 5.82. The summed E-state index contributed by atoms with van der Waals surface area (Å²) >= 11 is 0. The van der Waals surface area contributed by atoms with E-state index >= 15 is 0 Å². The van der Waals surface area contributed by atoms with Crippen molar-refractivity contribution in [2.45, 2.75) is 32.1 Å². The maximum absolute atomic E-state index is 12.0. The van der Waals surface area contributed by atoms with Crippen LogP contribution in [-0.4, -0.2) is 13.1 Å². The SMILES string of the molecule is CCCCC1C=Cc2ccccc2C1C(=O)OC. The summed E-state index contributed by atoms with van der Waals surface area (Å²) in [6.07, 6.45) is 7.64. The molecule has 0 amide bonds. The molecule has 18 heavy (non-hydrogen) atoms. The van der Waals surface area contributed by atoms with Crippen LogP contribution in [0, 0.1) is 5.92 Å². The van der Waals surface area contributed by atoms with Crippen molar-refractivity contribution in [3.05, 3.63) is 41.5 Å². The fourth-order valence-corrected chi connectivity index (χ4v) is 2.65. The van der Waals surface area contributed by atoms with Gasteiger partial charge in [0.25, 0.3) is 0 Å². The van der Waals surface area contributed by atoms with Gasteiger partial charge in [0, 0.05) is 0 Å². The van der Waals surface area contributed by atoms with Gasteiger partial charge in [-0.3, -0.25) is 4.79 Å². The van der Waals surface area contributed by atoms with E-state index in [9.17, 15) is 4.79 Å². The van der Waals surface area contributed by atoms with Crippen molar-refractivity contribution in [1.82, 2.24) is 0 Å². The lowest BCUT2D eigenvalue weighted by Gasteiger charge is -2.27. The number of benzene rings is 1. The van der Waals surface area contributed by atoms with Crippen molar-refractivity contribution in [1.29, 1.82) is 0 Å². The van der Waals surface area contributed by atoms with Crippen LogP contribution in [0.5, 0.6) is 0 Å². The molecule has 2 nitrogen and oxygen atoms in total. The number of ether oxygens (including phenoxy) is 1. The Labute approximate surface area is 109 Å². The van der Waals surface area contributed by atoms with E-state index in [-0.39, 0.29) is 17.8 Å². The van der Waals surface area contributed by atoms with Crippen LogP contribution in [0.15, 0.2) is 30.3 Å². The highest BCUT2D eigenvalue weighted by atomic mass is 16.5. The van der Waals surface area contributed by atoms with Crippen LogP contribution in [0.4, 0.5) is 0 Å². The lowest BCUT2D eigenvalue weighted by Crippen LogP contribution is -2.24. The molecule has 2 heteroatoms. The number of carbonyl (C=O) groups excluding carboxylic acids is 1. The molecule has 1 aromatic rings. The third-order valence-corrected chi connectivity index (χ3v) is 3.63. The van der Waals surface area contributed by atoms with Gasteiger partial charge in [0.05, 0.1) is 13.0 Å². The minimum absolute atomic E-state index is 0.118. The summed E-state index contributed by atoms with van der Waals surface area (Å²) < 4.78 is 4.98. The first-order valence-electron chi connectivity index (χ1n) is 6.63. The van der Waals surface area contributed by atoms with E-state index in [2.05, 4.69) is 25.1 Å². The number of rotatable bonds is 4. The Kier molecular flexibility index (Phi) is 4.19. The Morgan fingerprint density at radius 1 is 1.33 bits per heavy atom. The lowest BCUT2D eigenvalue weighted by atomic mass is 9.77. The van der Waals surface area contributed by atoms with Crippen LogP contribution in [-0.2, 0) is 9.53 Å². The molecule has 0 saturated carbocycles. The third kappa shape index (κ3) is 2.47. The summed E-state index contributed by atoms with van der Waals surface area (Å²) in [6.45, 7) is 2.17. The lowest BCUT2D eigenvalue weighted by molar-refractivity contribution is -0.143. The molecule has 96 valence electrons. The number of esters is 1. The van der Waals surface area contributed by atoms with Crippen molar-refractivity contribution in [3.8, 4) is 0 Å². The number of hydrogen-bond donors (Lipinski definition) is 0. The van der Waals surface area contributed by atoms with Crippen molar-refractivity contribution in [2.24, 2.45) is 5.92 Å². The summed E-state index contributed by atoms with van der Waals surface area (Å²) in [6, 6.07) is 8.09. The van der Waals surface area contributed by atoms with Gasteiger partial charge in [0.1, 0.15) is 0 Å². The molecule has 1 aliphatic rings. The second-order valence-corrected chi connectivity index (χ2v) is 4.79. The molecule has 0 saturated heterocycles. The minimum atomic E-state index is -0.136. The van der Waals surface area contributed by atoms with Gasteiger partial charge in [-0.15, -0.1) is 0 Å². The second kappa shape index (κ2) is 5.85. The van der Waals surface area contributed by atoms with Crippen LogP contribution in [0.25, 0.3) is 6.08 Å². The van der Waals surface area contributed by atoms with Crippen molar-refractivity contribution >= 4 is 12.0 Å². The van der Waals surface area contributed by atoms with Gasteiger partial charge in [-0.2, -0.15) is 0 Å². The highest BCUT2D eigenvalue weighted by Gasteiger charge is 2.32. The smallest absolute Gasteiger partial charge is 0.313 e. The average Bonchev–Trinajstić information content (AvgIpc) is 2.43. The molecular weight excluding hydrogens is 224 g/mol. The maximum Gasteiger partial charge on any atom is 0.313 e. The first-order valence-corrected chi connectivity index (χ1v) is 6.63. The Hall–Kier alpha value is -1.57. The number of allylic oxidation sites excluding steroid dienone is 1. The molecular formula is C16H20O2. The van der Waals surface area contributed by atoms with Gasteiger partial charge in [-0.25, -0.2) is 0 Å². The fraction of sp³-hybridized carbons (Fsp3) is 0.438. The van der Waals surface area contributed by atoms with Crippen LogP contribution in [0.3, 0.4) is 0 Å². The topological polar surface area (TPSA) is 26.3 Å². The van der Waals surface area contributed by atoms with Gasteiger partial charge in [0.2, 0.25) is 0 Å². The monoisotopic (exact) mass is 244 g/mol. The van der Waals surface area contributed by atoms with Crippen LogP contribution < -0.4 is 0 Å². The summed E-state index contributed by atoms with van der Waals surface area (Å²) in [4.78, 5) is 12.0. The fourth-order valence-electron chi connectivity index (χ4n) is 2.65. The molecule has 1 aliphatic carbocycles. The van der Waals surface area contributed by atoms with E-state index < -0.39 is 0 Å². The van der Waals surface area contributed by atoms with Crippen LogP contribution in [0.1, 0.15) is 43.2 Å². The Balaban J connectivity index is 2.32. The van der Waals surface area contributed by atoms with Crippen LogP contribution in [0.2, 0.25) is 0 Å². The number of fused-ring (bicyclic) bond motifs is 1. The highest BCUT2D eigenvalue weighted by Crippen LogP contribution is 2.37. The summed E-state index contributed by atoms with van der Waals surface area (Å²) in [7, 11) is 1.47. The first kappa shape index (κ1) is 12.9. The van der Waals surface area contributed by atoms with Crippen molar-refractivity contribution < 1.29 is 9.53 Å². The third-order valence-electron chi connectivity index (χ3n) is 3.63. The Bertz CT molecular complexity index is 448. The number of carbonyl (C=O) groups is 1. The molecule has 0 N–H and O–H groups in total. The summed E-state index contributed by atoms with van der Waals surface area (Å²) in [5, 5.41) is 0. The molecule has 2 rings (SSSR count). The predicted octanol–water partition coefficient (Wildman–Crippen LogP) is 3.78. The molecule has 2 atom stereocenters. The van der Waals surface area contributed by atoms with Gasteiger partial charge in [-0.05, 0) is 23.5 Å². The van der Waals surface area contributed by atoms with Gasteiger partial charge < -0.3 is 4.74 Å². The molecule has 0 radical (unpaired) electrons. The van der Waals surface area contributed by atoms with E-state index in [1.165, 1.54) is 7.11 Å². The normalized spacial score (nSPS) is 21.4. The number of hydrogen-bond acceptors (Lipinski definition) is 2. The van der Waals surface area contributed by atoms with Crippen molar-refractivity contribution in [3.63, 3.8) is 0 Å². The van der Waals surface area contributed by atoms with Gasteiger partial charge >= 0.3 is 5.97 Å². The quantitative estimate of drug-likeness (QED) is 0.753. The zero-order chi connectivity index (χ0) is 13.0. The van der Waals surface area contributed by atoms with Crippen molar-refractivity contribution in [2.75, 3.05) is 7.11 Å². The molecule has 2 unspecified atom stereocenters. The predicted molar refractivity (Wildman–Crippen MR) is 73.2 cm³/mol. The largest absolute Gasteiger partial charge is 0.469 e. The molecule has 1 aromatic carbocycles. The summed E-state index contributed by atoms with van der Waals surface area (Å²) in [5.74, 6) is 0.0166. The van der Waals surface area contributed by atoms with E-state index in [1.807, 2.05) is 18.2 Å². The van der Waals surface area contributed by atoms with E-state index in [4.69, 9.17) is 4.74 Å². The van der Waals surface area contributed by atoms with Gasteiger partial charge in [-0.1, -0.05) is 56.2 Å². The molecule has 0 fully saturated rings. The zero-order valence-corrected chi connectivity index (χ0v) is 11.1. The number of methoxy groups -OCH3 is 1. The first-order chi connectivity index (χ1) is 8.77. The number of unbranched alkanes of at least 4 members (excludes halogenated alkanes) is 1. The van der Waals surface area contributed by atoms with Gasteiger partial charge in [0.15, 0.2) is 0 Å². The standard InChI is InChI=1S/C16H20O2/c1-3-4-7-13-11-10-12-8-5-6-9-14(12)15(13)16(17)18-2/h5-6,8-11,13,15H,3-4,7H2,1-2H3. The van der Waals surface area contributed by atoms with Crippen LogP contribution >= 0.6 is 0 Å². The van der Waals surface area contributed by atoms with E-state index in [1.54, 1.807) is 0 Å². The Morgan fingerprint density at radius 3 is 2.83 bits per heavy atom. The minimum Gasteiger partial charge on any atom is -0.469 e. The molecule has 0 heterocycles. The molecule has 0 spiro atoms.